The van der Waals surface area contributed by atoms with Gasteiger partial charge in [-0.05, 0) is 54.1 Å². The minimum Gasteiger partial charge on any atom is -0.545 e. The Hall–Kier alpha value is -0.340. The molecule has 1 aliphatic heterocycles. The van der Waals surface area contributed by atoms with Crippen LogP contribution < -0.4 is 79.4 Å². The van der Waals surface area contributed by atoms with Crippen LogP contribution in [-0.4, -0.2) is 31.1 Å². The Morgan fingerprint density at radius 2 is 1.77 bits per heavy atom. The summed E-state index contributed by atoms with van der Waals surface area (Å²) in [7, 11) is 0. The van der Waals surface area contributed by atoms with Crippen LogP contribution in [0, 0.1) is 5.92 Å². The minimum atomic E-state index is -1.49. The Bertz CT molecular complexity index is 637. The van der Waals surface area contributed by atoms with Crippen molar-refractivity contribution >= 4 is 11.9 Å². The van der Waals surface area contributed by atoms with Crippen LogP contribution in [0.15, 0.2) is 35.4 Å². The molecule has 1 unspecified atom stereocenters. The van der Waals surface area contributed by atoms with Gasteiger partial charge in [0.25, 0.3) is 0 Å². The smallest absolute Gasteiger partial charge is 0.545 e. The van der Waals surface area contributed by atoms with E-state index >= 15 is 0 Å². The first-order valence-corrected chi connectivity index (χ1v) is 8.00. The first-order chi connectivity index (χ1) is 11.4. The molecule has 0 bridgehead atoms. The zero-order valence-corrected chi connectivity index (χ0v) is 19.8. The van der Waals surface area contributed by atoms with E-state index < -0.39 is 17.9 Å². The molecular weight excluding hydrogens is 356 g/mol. The standard InChI is InChI=1S/C18H23NO5.2Na/c1-11(2)16(18(22)23)15(17(20)21)9-12-3-5-13(6-4-12)24-14-7-8-19-10-14;;/h3-6,11,14,19H,7-10H2,1-2H3,(H,20,21)(H,22,23);;/q;2*+1/p-2/b16-15-;;. The van der Waals surface area contributed by atoms with Crippen molar-refractivity contribution < 1.29 is 83.7 Å². The van der Waals surface area contributed by atoms with Crippen molar-refractivity contribution in [1.29, 1.82) is 0 Å². The van der Waals surface area contributed by atoms with Gasteiger partial charge in [-0.15, -0.1) is 0 Å². The second-order valence-electron chi connectivity index (χ2n) is 6.18. The van der Waals surface area contributed by atoms with Gasteiger partial charge in [0.15, 0.2) is 0 Å². The summed E-state index contributed by atoms with van der Waals surface area (Å²) >= 11 is 0. The SMILES string of the molecule is CC(C)/C(C(=O)[O-])=C(\Cc1ccc(OC2CCNC2)cc1)C(=O)[O-].[Na+].[Na+]. The molecule has 2 rings (SSSR count). The molecule has 0 aromatic heterocycles. The Balaban J connectivity index is 0.00000312. The third kappa shape index (κ3) is 7.35. The molecule has 26 heavy (non-hydrogen) atoms. The minimum absolute atomic E-state index is 0. The molecule has 1 saturated heterocycles. The summed E-state index contributed by atoms with van der Waals surface area (Å²) < 4.78 is 5.80. The third-order valence-electron chi connectivity index (χ3n) is 3.99. The molecule has 1 heterocycles. The summed E-state index contributed by atoms with van der Waals surface area (Å²) in [4.78, 5) is 22.6. The molecule has 0 aliphatic carbocycles. The Kier molecular flexibility index (Phi) is 12.0. The van der Waals surface area contributed by atoms with Gasteiger partial charge in [-0.2, -0.15) is 0 Å². The van der Waals surface area contributed by atoms with Crippen molar-refractivity contribution in [2.45, 2.75) is 32.8 Å². The Labute approximate surface area is 198 Å². The molecule has 1 aromatic carbocycles. The van der Waals surface area contributed by atoms with Gasteiger partial charge in [-0.3, -0.25) is 0 Å². The number of hydrogen-bond acceptors (Lipinski definition) is 6. The first-order valence-electron chi connectivity index (χ1n) is 8.00. The number of hydrogen-bond donors (Lipinski definition) is 1. The average molecular weight is 377 g/mol. The van der Waals surface area contributed by atoms with E-state index in [2.05, 4.69) is 5.32 Å². The van der Waals surface area contributed by atoms with E-state index in [0.717, 1.165) is 19.5 Å². The average Bonchev–Trinajstić information content (AvgIpc) is 3.00. The van der Waals surface area contributed by atoms with Crippen molar-refractivity contribution in [2.24, 2.45) is 5.92 Å². The van der Waals surface area contributed by atoms with Crippen LogP contribution in [0.5, 0.6) is 5.75 Å². The fraction of sp³-hybridized carbons (Fsp3) is 0.444. The predicted molar refractivity (Wildman–Crippen MR) is 83.9 cm³/mol. The predicted octanol–water partition coefficient (Wildman–Crippen LogP) is -6.57. The van der Waals surface area contributed by atoms with Crippen molar-refractivity contribution in [3.05, 3.63) is 41.0 Å². The maximum Gasteiger partial charge on any atom is 1.00 e. The molecule has 1 aromatic rings. The fourth-order valence-electron chi connectivity index (χ4n) is 2.80. The molecule has 1 aliphatic rings. The molecule has 0 amide bonds. The van der Waals surface area contributed by atoms with E-state index in [-0.39, 0.29) is 82.8 Å². The number of nitrogens with one attached hydrogen (secondary N) is 1. The van der Waals surface area contributed by atoms with Gasteiger partial charge in [0.2, 0.25) is 0 Å². The molecular formula is C18H21NNa2O5. The normalized spacial score (nSPS) is 17.0. The number of carboxylic acids is 2. The van der Waals surface area contributed by atoms with Crippen LogP contribution in [-0.2, 0) is 16.0 Å². The molecule has 0 saturated carbocycles. The Morgan fingerprint density at radius 3 is 2.19 bits per heavy atom. The summed E-state index contributed by atoms with van der Waals surface area (Å²) in [6.07, 6.45) is 1.05. The van der Waals surface area contributed by atoms with Crippen molar-refractivity contribution in [1.82, 2.24) is 5.32 Å². The van der Waals surface area contributed by atoms with E-state index in [1.807, 2.05) is 0 Å². The van der Waals surface area contributed by atoms with E-state index in [9.17, 15) is 19.8 Å². The van der Waals surface area contributed by atoms with Gasteiger partial charge >= 0.3 is 59.1 Å². The molecule has 6 nitrogen and oxygen atoms in total. The molecule has 0 spiro atoms. The number of benzene rings is 1. The first kappa shape index (κ1) is 25.7. The van der Waals surface area contributed by atoms with E-state index in [4.69, 9.17) is 4.74 Å². The third-order valence-corrected chi connectivity index (χ3v) is 3.99. The van der Waals surface area contributed by atoms with Crippen LogP contribution in [0.2, 0.25) is 0 Å². The van der Waals surface area contributed by atoms with Gasteiger partial charge in [0.1, 0.15) is 11.9 Å². The van der Waals surface area contributed by atoms with Gasteiger partial charge in [0, 0.05) is 6.54 Å². The van der Waals surface area contributed by atoms with Gasteiger partial charge in [0.05, 0.1) is 11.9 Å². The van der Waals surface area contributed by atoms with Crippen LogP contribution in [0.3, 0.4) is 0 Å². The zero-order chi connectivity index (χ0) is 17.7. The molecule has 1 N–H and O–H groups in total. The van der Waals surface area contributed by atoms with Crippen LogP contribution in [0.4, 0.5) is 0 Å². The summed E-state index contributed by atoms with van der Waals surface area (Å²) in [5, 5.41) is 25.8. The summed E-state index contributed by atoms with van der Waals surface area (Å²) in [6.45, 7) is 4.97. The number of carbonyl (C=O) groups is 2. The molecule has 130 valence electrons. The van der Waals surface area contributed by atoms with Crippen molar-refractivity contribution in [2.75, 3.05) is 13.1 Å². The molecule has 0 radical (unpaired) electrons. The zero-order valence-electron chi connectivity index (χ0n) is 15.8. The summed E-state index contributed by atoms with van der Waals surface area (Å²) in [6, 6.07) is 6.98. The quantitative estimate of drug-likeness (QED) is 0.375. The number of carbonyl (C=O) groups excluding carboxylic acids is 2. The molecule has 1 fully saturated rings. The van der Waals surface area contributed by atoms with Gasteiger partial charge < -0.3 is 29.9 Å². The van der Waals surface area contributed by atoms with E-state index in [0.29, 0.717) is 11.3 Å². The second-order valence-corrected chi connectivity index (χ2v) is 6.18. The maximum atomic E-state index is 11.4. The van der Waals surface area contributed by atoms with Crippen molar-refractivity contribution in [3.8, 4) is 5.75 Å². The number of ether oxygens (including phenoxy) is 1. The second kappa shape index (κ2) is 12.2. The Morgan fingerprint density at radius 1 is 1.15 bits per heavy atom. The topological polar surface area (TPSA) is 102 Å². The number of rotatable bonds is 7. The van der Waals surface area contributed by atoms with E-state index in [1.165, 1.54) is 0 Å². The largest absolute Gasteiger partial charge is 1.00 e. The number of carboxylic acid groups (broad SMARTS) is 2. The van der Waals surface area contributed by atoms with Gasteiger partial charge in [-0.25, -0.2) is 0 Å². The van der Waals surface area contributed by atoms with E-state index in [1.54, 1.807) is 38.1 Å². The molecule has 8 heteroatoms. The van der Waals surface area contributed by atoms with Crippen LogP contribution >= 0.6 is 0 Å². The van der Waals surface area contributed by atoms with Crippen molar-refractivity contribution in [3.63, 3.8) is 0 Å². The monoisotopic (exact) mass is 377 g/mol. The molecule has 1 atom stereocenters. The maximum absolute atomic E-state index is 11.4. The summed E-state index contributed by atoms with van der Waals surface area (Å²) in [5.41, 5.74) is 0.191. The fourth-order valence-corrected chi connectivity index (χ4v) is 2.80. The van der Waals surface area contributed by atoms with Crippen LogP contribution in [0.25, 0.3) is 0 Å². The van der Waals surface area contributed by atoms with Gasteiger partial charge in [-0.1, -0.05) is 26.0 Å². The summed E-state index contributed by atoms with van der Waals surface area (Å²) in [5.74, 6) is -2.73. The number of aliphatic carboxylic acids is 2. The van der Waals surface area contributed by atoms with Crippen LogP contribution in [0.1, 0.15) is 25.8 Å².